The third-order valence-corrected chi connectivity index (χ3v) is 3.78. The summed E-state index contributed by atoms with van der Waals surface area (Å²) in [5.41, 5.74) is 0.399. The Labute approximate surface area is 119 Å². The average Bonchev–Trinajstić information content (AvgIpc) is 2.35. The van der Waals surface area contributed by atoms with E-state index in [1.165, 1.54) is 0 Å². The van der Waals surface area contributed by atoms with E-state index >= 15 is 0 Å². The molecule has 1 aromatic carbocycles. The van der Waals surface area contributed by atoms with Gasteiger partial charge in [-0.15, -0.1) is 11.8 Å². The minimum absolute atomic E-state index is 0.142. The number of rotatable bonds is 5. The zero-order valence-electron chi connectivity index (χ0n) is 12.1. The van der Waals surface area contributed by atoms with Crippen molar-refractivity contribution in [3.63, 3.8) is 0 Å². The summed E-state index contributed by atoms with van der Waals surface area (Å²) in [6.45, 7) is 8.20. The van der Waals surface area contributed by atoms with Crippen molar-refractivity contribution in [3.05, 3.63) is 29.8 Å². The van der Waals surface area contributed by atoms with E-state index in [-0.39, 0.29) is 17.9 Å². The van der Waals surface area contributed by atoms with Crippen molar-refractivity contribution in [2.45, 2.75) is 38.7 Å². The highest BCUT2D eigenvalue weighted by molar-refractivity contribution is 7.99. The van der Waals surface area contributed by atoms with Crippen molar-refractivity contribution in [2.24, 2.45) is 5.41 Å². The van der Waals surface area contributed by atoms with E-state index < -0.39 is 6.10 Å². The Bertz CT molecular complexity index is 409. The van der Waals surface area contributed by atoms with Gasteiger partial charge in [0.25, 0.3) is 5.91 Å². The van der Waals surface area contributed by atoms with E-state index in [2.05, 4.69) is 12.2 Å². The molecule has 1 unspecified atom stereocenters. The van der Waals surface area contributed by atoms with E-state index in [0.717, 1.165) is 10.6 Å². The van der Waals surface area contributed by atoms with Crippen molar-refractivity contribution in [1.82, 2.24) is 5.32 Å². The largest absolute Gasteiger partial charge is 0.391 e. The van der Waals surface area contributed by atoms with Crippen molar-refractivity contribution in [1.29, 1.82) is 0 Å². The minimum atomic E-state index is -0.550. The van der Waals surface area contributed by atoms with Gasteiger partial charge in [-0.2, -0.15) is 0 Å². The molecule has 0 fully saturated rings. The van der Waals surface area contributed by atoms with Gasteiger partial charge in [0.05, 0.1) is 6.10 Å². The van der Waals surface area contributed by atoms with E-state index in [0.29, 0.717) is 5.56 Å². The van der Waals surface area contributed by atoms with Gasteiger partial charge in [-0.1, -0.05) is 27.7 Å². The first-order chi connectivity index (χ1) is 8.84. The lowest BCUT2D eigenvalue weighted by molar-refractivity contribution is 0.0587. The molecule has 106 valence electrons. The number of carbonyl (C=O) groups excluding carboxylic acids is 1. The summed E-state index contributed by atoms with van der Waals surface area (Å²) in [6.07, 6.45) is -0.550. The van der Waals surface area contributed by atoms with Gasteiger partial charge in [0.15, 0.2) is 0 Å². The zero-order valence-corrected chi connectivity index (χ0v) is 12.9. The molecule has 2 N–H and O–H groups in total. The van der Waals surface area contributed by atoms with Crippen molar-refractivity contribution in [3.8, 4) is 0 Å². The first kappa shape index (κ1) is 16.1. The maximum atomic E-state index is 11.9. The highest BCUT2D eigenvalue weighted by Gasteiger charge is 2.22. The Balaban J connectivity index is 2.54. The molecule has 0 saturated heterocycles. The number of nitrogens with one attached hydrogen (secondary N) is 1. The molecular formula is C15H23NO2S. The second kappa shape index (κ2) is 6.96. The Hall–Kier alpha value is -1.00. The summed E-state index contributed by atoms with van der Waals surface area (Å²) < 4.78 is 0. The number of carbonyl (C=O) groups is 1. The van der Waals surface area contributed by atoms with Crippen LogP contribution in [0.25, 0.3) is 0 Å². The Kier molecular flexibility index (Phi) is 5.88. The molecule has 0 aliphatic carbocycles. The van der Waals surface area contributed by atoms with Crippen LogP contribution in [0.1, 0.15) is 38.1 Å². The maximum Gasteiger partial charge on any atom is 0.251 e. The van der Waals surface area contributed by atoms with E-state index in [4.69, 9.17) is 0 Å². The molecule has 3 nitrogen and oxygen atoms in total. The first-order valence-corrected chi connectivity index (χ1v) is 7.52. The van der Waals surface area contributed by atoms with Gasteiger partial charge >= 0.3 is 0 Å². The fourth-order valence-corrected chi connectivity index (χ4v) is 2.13. The van der Waals surface area contributed by atoms with Crippen LogP contribution in [-0.2, 0) is 0 Å². The topological polar surface area (TPSA) is 49.3 Å². The zero-order chi connectivity index (χ0) is 14.5. The van der Waals surface area contributed by atoms with Gasteiger partial charge in [0, 0.05) is 17.0 Å². The number of hydrogen-bond donors (Lipinski definition) is 2. The molecule has 0 saturated carbocycles. The number of thioether (sulfide) groups is 1. The second-order valence-electron chi connectivity index (χ2n) is 5.55. The van der Waals surface area contributed by atoms with E-state index in [9.17, 15) is 9.90 Å². The molecule has 4 heteroatoms. The van der Waals surface area contributed by atoms with Gasteiger partial charge in [0.2, 0.25) is 0 Å². The van der Waals surface area contributed by atoms with Gasteiger partial charge in [-0.25, -0.2) is 0 Å². The summed E-state index contributed by atoms with van der Waals surface area (Å²) in [7, 11) is 0. The maximum absolute atomic E-state index is 11.9. The molecule has 0 aliphatic rings. The predicted octanol–water partition coefficient (Wildman–Crippen LogP) is 2.94. The monoisotopic (exact) mass is 281 g/mol. The summed E-state index contributed by atoms with van der Waals surface area (Å²) in [6, 6.07) is 7.53. The van der Waals surface area contributed by atoms with Gasteiger partial charge < -0.3 is 10.4 Å². The van der Waals surface area contributed by atoms with Crippen LogP contribution in [-0.4, -0.2) is 29.4 Å². The molecule has 1 rings (SSSR count). The minimum Gasteiger partial charge on any atom is -0.391 e. The molecular weight excluding hydrogens is 258 g/mol. The lowest BCUT2D eigenvalue weighted by atomic mass is 9.89. The van der Waals surface area contributed by atoms with Crippen LogP contribution in [0.4, 0.5) is 0 Å². The number of aliphatic hydroxyl groups excluding tert-OH is 1. The Morgan fingerprint density at radius 2 is 1.89 bits per heavy atom. The molecule has 1 atom stereocenters. The standard InChI is InChI=1S/C15H23NO2S/c1-5-19-12-8-6-11(7-9-12)14(18)16-10-13(17)15(2,3)4/h6-9,13,17H,5,10H2,1-4H3,(H,16,18). The molecule has 1 amide bonds. The van der Waals surface area contributed by atoms with Crippen molar-refractivity contribution >= 4 is 17.7 Å². The molecule has 0 heterocycles. The number of benzene rings is 1. The van der Waals surface area contributed by atoms with Gasteiger partial charge in [-0.3, -0.25) is 4.79 Å². The predicted molar refractivity (Wildman–Crippen MR) is 80.6 cm³/mol. The quantitative estimate of drug-likeness (QED) is 0.816. The average molecular weight is 281 g/mol. The SMILES string of the molecule is CCSc1ccc(C(=O)NCC(O)C(C)(C)C)cc1. The van der Waals surface area contributed by atoms with E-state index in [1.54, 1.807) is 11.8 Å². The van der Waals surface area contributed by atoms with Crippen LogP contribution in [0.15, 0.2) is 29.2 Å². The van der Waals surface area contributed by atoms with Crippen LogP contribution in [0.2, 0.25) is 0 Å². The number of aliphatic hydroxyl groups is 1. The Morgan fingerprint density at radius 1 is 1.32 bits per heavy atom. The van der Waals surface area contributed by atoms with E-state index in [1.807, 2.05) is 45.0 Å². The Morgan fingerprint density at radius 3 is 2.37 bits per heavy atom. The second-order valence-corrected chi connectivity index (χ2v) is 6.89. The van der Waals surface area contributed by atoms with Crippen molar-refractivity contribution < 1.29 is 9.90 Å². The smallest absolute Gasteiger partial charge is 0.251 e. The first-order valence-electron chi connectivity index (χ1n) is 6.53. The number of hydrogen-bond acceptors (Lipinski definition) is 3. The normalized spacial score (nSPS) is 13.1. The highest BCUT2D eigenvalue weighted by Crippen LogP contribution is 2.19. The lowest BCUT2D eigenvalue weighted by Gasteiger charge is -2.25. The van der Waals surface area contributed by atoms with Crippen LogP contribution in [0, 0.1) is 5.41 Å². The van der Waals surface area contributed by atoms with Crippen LogP contribution in [0.3, 0.4) is 0 Å². The third-order valence-electron chi connectivity index (χ3n) is 2.88. The summed E-state index contributed by atoms with van der Waals surface area (Å²) in [4.78, 5) is 13.1. The highest BCUT2D eigenvalue weighted by atomic mass is 32.2. The molecule has 0 spiro atoms. The van der Waals surface area contributed by atoms with Gasteiger partial charge in [0.1, 0.15) is 0 Å². The molecule has 1 aromatic rings. The van der Waals surface area contributed by atoms with Crippen LogP contribution < -0.4 is 5.32 Å². The van der Waals surface area contributed by atoms with Gasteiger partial charge in [-0.05, 0) is 35.4 Å². The summed E-state index contributed by atoms with van der Waals surface area (Å²) >= 11 is 1.75. The molecule has 19 heavy (non-hydrogen) atoms. The molecule has 0 aromatic heterocycles. The molecule has 0 aliphatic heterocycles. The molecule has 0 radical (unpaired) electrons. The number of amides is 1. The summed E-state index contributed by atoms with van der Waals surface area (Å²) in [5.74, 6) is 0.875. The lowest BCUT2D eigenvalue weighted by Crippen LogP contribution is -2.39. The molecule has 0 bridgehead atoms. The van der Waals surface area contributed by atoms with Crippen LogP contribution >= 0.6 is 11.8 Å². The fourth-order valence-electron chi connectivity index (χ4n) is 1.47. The fraction of sp³-hybridized carbons (Fsp3) is 0.533. The van der Waals surface area contributed by atoms with Crippen LogP contribution in [0.5, 0.6) is 0 Å². The van der Waals surface area contributed by atoms with Crippen molar-refractivity contribution in [2.75, 3.05) is 12.3 Å². The summed E-state index contributed by atoms with van der Waals surface area (Å²) in [5, 5.41) is 12.6. The third kappa shape index (κ3) is 5.25.